The molecule has 0 radical (unpaired) electrons. The zero-order valence-electron chi connectivity index (χ0n) is 7.25. The lowest BCUT2D eigenvalue weighted by atomic mass is 10.3. The van der Waals surface area contributed by atoms with E-state index in [1.165, 1.54) is 0 Å². The molecule has 5 heteroatoms. The highest BCUT2D eigenvalue weighted by Gasteiger charge is 2.16. The number of rotatable bonds is 1. The Kier molecular flexibility index (Phi) is 2.02. The van der Waals surface area contributed by atoms with Crippen LogP contribution in [0.2, 0.25) is 0 Å². The molecule has 5 nitrogen and oxygen atoms in total. The lowest BCUT2D eigenvalue weighted by Crippen LogP contribution is -2.43. The zero-order chi connectivity index (χ0) is 9.26. The molecule has 13 heavy (non-hydrogen) atoms. The third-order valence-electron chi connectivity index (χ3n) is 2.22. The molecule has 2 rings (SSSR count). The molecule has 0 bridgehead atoms. The Bertz CT molecular complexity index is 292. The molecule has 1 aromatic heterocycles. The van der Waals surface area contributed by atoms with Crippen LogP contribution in [0.3, 0.4) is 0 Å². The van der Waals surface area contributed by atoms with Crippen LogP contribution in [0, 0.1) is 0 Å². The second-order valence-corrected chi connectivity index (χ2v) is 3.13. The summed E-state index contributed by atoms with van der Waals surface area (Å²) >= 11 is 0. The van der Waals surface area contributed by atoms with Crippen molar-refractivity contribution in [2.75, 3.05) is 31.1 Å². The molecular weight excluding hydrogens is 170 g/mol. The fourth-order valence-corrected chi connectivity index (χ4v) is 1.57. The monoisotopic (exact) mass is 183 g/mol. The van der Waals surface area contributed by atoms with Crippen molar-refractivity contribution >= 4 is 5.69 Å². The highest BCUT2D eigenvalue weighted by Crippen LogP contribution is 2.30. The van der Waals surface area contributed by atoms with E-state index in [1.54, 1.807) is 6.07 Å². The molecule has 0 atom stereocenters. The van der Waals surface area contributed by atoms with Gasteiger partial charge in [-0.1, -0.05) is 0 Å². The van der Waals surface area contributed by atoms with E-state index in [0.717, 1.165) is 26.2 Å². The number of aromatic amines is 1. The highest BCUT2D eigenvalue weighted by molar-refractivity contribution is 5.58. The number of hydrogen-bond donors (Lipinski definition) is 4. The minimum absolute atomic E-state index is 0.00559. The van der Waals surface area contributed by atoms with Crippen LogP contribution in [0.5, 0.6) is 11.8 Å². The molecule has 0 aliphatic carbocycles. The lowest BCUT2D eigenvalue weighted by Gasteiger charge is -2.28. The van der Waals surface area contributed by atoms with Gasteiger partial charge in [0, 0.05) is 32.2 Å². The van der Waals surface area contributed by atoms with Crippen molar-refractivity contribution in [2.24, 2.45) is 0 Å². The maximum absolute atomic E-state index is 9.41. The van der Waals surface area contributed by atoms with Gasteiger partial charge in [-0.2, -0.15) is 0 Å². The van der Waals surface area contributed by atoms with Crippen LogP contribution in [0.15, 0.2) is 6.07 Å². The summed E-state index contributed by atoms with van der Waals surface area (Å²) in [6.07, 6.45) is 0. The summed E-state index contributed by atoms with van der Waals surface area (Å²) in [6, 6.07) is 1.54. The average Bonchev–Trinajstić information content (AvgIpc) is 2.47. The number of nitrogens with zero attached hydrogens (tertiary/aromatic N) is 1. The molecule has 1 saturated heterocycles. The minimum Gasteiger partial charge on any atom is -0.494 e. The summed E-state index contributed by atoms with van der Waals surface area (Å²) in [4.78, 5) is 4.48. The molecule has 0 amide bonds. The molecule has 1 aromatic rings. The Balaban J connectivity index is 2.18. The van der Waals surface area contributed by atoms with Crippen molar-refractivity contribution in [3.63, 3.8) is 0 Å². The maximum Gasteiger partial charge on any atom is 0.215 e. The SMILES string of the molecule is Oc1cc(N2CCNCC2)c(O)[nH]1. The van der Waals surface area contributed by atoms with Gasteiger partial charge in [-0.3, -0.25) is 4.98 Å². The van der Waals surface area contributed by atoms with E-state index in [1.807, 2.05) is 4.90 Å². The lowest BCUT2D eigenvalue weighted by molar-refractivity contribution is 0.424. The molecule has 4 N–H and O–H groups in total. The second kappa shape index (κ2) is 3.18. The minimum atomic E-state index is 0.00559. The maximum atomic E-state index is 9.41. The van der Waals surface area contributed by atoms with Crippen LogP contribution in [0.1, 0.15) is 0 Å². The van der Waals surface area contributed by atoms with Crippen LogP contribution in [-0.2, 0) is 0 Å². The number of piperazine rings is 1. The number of nitrogens with one attached hydrogen (secondary N) is 2. The predicted molar refractivity (Wildman–Crippen MR) is 49.2 cm³/mol. The van der Waals surface area contributed by atoms with E-state index in [4.69, 9.17) is 5.11 Å². The summed E-state index contributed by atoms with van der Waals surface area (Å²) in [6.45, 7) is 3.52. The Morgan fingerprint density at radius 1 is 1.23 bits per heavy atom. The van der Waals surface area contributed by atoms with E-state index in [9.17, 15) is 5.11 Å². The van der Waals surface area contributed by atoms with E-state index < -0.39 is 0 Å². The molecule has 2 heterocycles. The van der Waals surface area contributed by atoms with Gasteiger partial charge in [-0.15, -0.1) is 0 Å². The van der Waals surface area contributed by atoms with Crippen LogP contribution in [-0.4, -0.2) is 41.4 Å². The Morgan fingerprint density at radius 3 is 2.46 bits per heavy atom. The van der Waals surface area contributed by atoms with Crippen LogP contribution < -0.4 is 10.2 Å². The van der Waals surface area contributed by atoms with E-state index in [0.29, 0.717) is 5.69 Å². The van der Waals surface area contributed by atoms with Crippen molar-refractivity contribution in [2.45, 2.75) is 0 Å². The third-order valence-corrected chi connectivity index (χ3v) is 2.22. The molecule has 0 saturated carbocycles. The third kappa shape index (κ3) is 1.55. The first-order valence-corrected chi connectivity index (χ1v) is 4.34. The standard InChI is InChI=1S/C8H13N3O2/c12-7-5-6(8(13)10-7)11-3-1-9-2-4-11/h5,9-10,12-13H,1-4H2. The highest BCUT2D eigenvalue weighted by atomic mass is 16.3. The van der Waals surface area contributed by atoms with E-state index >= 15 is 0 Å². The smallest absolute Gasteiger partial charge is 0.215 e. The number of aromatic nitrogens is 1. The molecule has 1 fully saturated rings. The summed E-state index contributed by atoms with van der Waals surface area (Å²) in [5, 5.41) is 21.7. The number of hydrogen-bond acceptors (Lipinski definition) is 4. The van der Waals surface area contributed by atoms with Gasteiger partial charge in [0.05, 0.1) is 0 Å². The quantitative estimate of drug-likeness (QED) is 0.488. The molecule has 0 unspecified atom stereocenters. The van der Waals surface area contributed by atoms with Gasteiger partial charge in [0.15, 0.2) is 5.88 Å². The number of aromatic hydroxyl groups is 2. The molecule has 0 aromatic carbocycles. The Hall–Kier alpha value is -1.36. The van der Waals surface area contributed by atoms with Gasteiger partial charge in [0.2, 0.25) is 5.88 Å². The van der Waals surface area contributed by atoms with Gasteiger partial charge in [-0.05, 0) is 0 Å². The van der Waals surface area contributed by atoms with Gasteiger partial charge in [-0.25, -0.2) is 0 Å². The van der Waals surface area contributed by atoms with Crippen LogP contribution in [0.25, 0.3) is 0 Å². The van der Waals surface area contributed by atoms with Crippen molar-refractivity contribution in [1.82, 2.24) is 10.3 Å². The first kappa shape index (κ1) is 8.25. The van der Waals surface area contributed by atoms with Crippen LogP contribution in [0.4, 0.5) is 5.69 Å². The average molecular weight is 183 g/mol. The van der Waals surface area contributed by atoms with E-state index in [2.05, 4.69) is 10.3 Å². The first-order valence-electron chi connectivity index (χ1n) is 4.34. The van der Waals surface area contributed by atoms with Crippen molar-refractivity contribution < 1.29 is 10.2 Å². The summed E-state index contributed by atoms with van der Waals surface area (Å²) < 4.78 is 0. The molecule has 0 spiro atoms. The Morgan fingerprint density at radius 2 is 1.92 bits per heavy atom. The zero-order valence-corrected chi connectivity index (χ0v) is 7.25. The number of H-pyrrole nitrogens is 1. The molecule has 1 aliphatic heterocycles. The topological polar surface area (TPSA) is 71.5 Å². The van der Waals surface area contributed by atoms with Gasteiger partial charge in [0.25, 0.3) is 0 Å². The van der Waals surface area contributed by atoms with Gasteiger partial charge >= 0.3 is 0 Å². The Labute approximate surface area is 76.0 Å². The normalized spacial score (nSPS) is 17.7. The first-order chi connectivity index (χ1) is 6.27. The van der Waals surface area contributed by atoms with E-state index in [-0.39, 0.29) is 11.8 Å². The fraction of sp³-hybridized carbons (Fsp3) is 0.500. The van der Waals surface area contributed by atoms with Crippen LogP contribution >= 0.6 is 0 Å². The predicted octanol–water partition coefficient (Wildman–Crippen LogP) is -0.165. The van der Waals surface area contributed by atoms with Gasteiger partial charge < -0.3 is 20.4 Å². The summed E-state index contributed by atoms with van der Waals surface area (Å²) in [7, 11) is 0. The summed E-state index contributed by atoms with van der Waals surface area (Å²) in [5.74, 6) is 0.0467. The van der Waals surface area contributed by atoms with Crippen molar-refractivity contribution in [1.29, 1.82) is 0 Å². The fourth-order valence-electron chi connectivity index (χ4n) is 1.57. The van der Waals surface area contributed by atoms with Crippen molar-refractivity contribution in [3.8, 4) is 11.8 Å². The summed E-state index contributed by atoms with van der Waals surface area (Å²) in [5.41, 5.74) is 0.680. The largest absolute Gasteiger partial charge is 0.494 e. The molecular formula is C8H13N3O2. The molecule has 1 aliphatic rings. The molecule has 72 valence electrons. The number of anilines is 1. The van der Waals surface area contributed by atoms with Gasteiger partial charge in [0.1, 0.15) is 5.69 Å². The van der Waals surface area contributed by atoms with Crippen molar-refractivity contribution in [3.05, 3.63) is 6.07 Å². The second-order valence-electron chi connectivity index (χ2n) is 3.13.